The van der Waals surface area contributed by atoms with Crippen molar-refractivity contribution in [1.29, 1.82) is 0 Å². The van der Waals surface area contributed by atoms with Crippen LogP contribution >= 0.6 is 0 Å². The van der Waals surface area contributed by atoms with E-state index in [4.69, 9.17) is 0 Å². The Morgan fingerprint density at radius 2 is 1.86 bits per heavy atom. The molecule has 1 aromatic carbocycles. The van der Waals surface area contributed by atoms with Crippen LogP contribution in [-0.2, 0) is 16.0 Å². The molecule has 1 aromatic rings. The average Bonchev–Trinajstić information content (AvgIpc) is 2.52. The Bertz CT molecular complexity index is 606. The van der Waals surface area contributed by atoms with Crippen LogP contribution in [0.25, 0.3) is 0 Å². The molecule has 116 valence electrons. The minimum absolute atomic E-state index is 0.178. The Morgan fingerprint density at radius 3 is 2.64 bits per heavy atom. The highest BCUT2D eigenvalue weighted by Gasteiger charge is 2.32. The van der Waals surface area contributed by atoms with Crippen molar-refractivity contribution in [3.63, 3.8) is 0 Å². The van der Waals surface area contributed by atoms with Gasteiger partial charge in [0.25, 0.3) is 5.91 Å². The molecule has 0 bridgehead atoms. The molecule has 0 saturated heterocycles. The summed E-state index contributed by atoms with van der Waals surface area (Å²) in [4.78, 5) is 37.7. The number of hydrogen-bond acceptors (Lipinski definition) is 3. The molecule has 2 aliphatic rings. The quantitative estimate of drug-likeness (QED) is 0.863. The first-order valence-electron chi connectivity index (χ1n) is 7.87. The zero-order valence-corrected chi connectivity index (χ0v) is 12.5. The van der Waals surface area contributed by atoms with Crippen LogP contribution in [0.2, 0.25) is 0 Å². The first-order valence-corrected chi connectivity index (χ1v) is 7.87. The minimum Gasteiger partial charge on any atom is -0.352 e. The van der Waals surface area contributed by atoms with E-state index in [9.17, 15) is 14.4 Å². The van der Waals surface area contributed by atoms with Crippen molar-refractivity contribution in [2.24, 2.45) is 0 Å². The van der Waals surface area contributed by atoms with Gasteiger partial charge in [0.2, 0.25) is 11.8 Å². The largest absolute Gasteiger partial charge is 0.352 e. The van der Waals surface area contributed by atoms with Gasteiger partial charge in [-0.25, -0.2) is 0 Å². The highest BCUT2D eigenvalue weighted by molar-refractivity contribution is 6.11. The Balaban J connectivity index is 1.66. The highest BCUT2D eigenvalue weighted by atomic mass is 16.2. The Morgan fingerprint density at radius 1 is 1.14 bits per heavy atom. The number of nitrogens with zero attached hydrogens (tertiary/aromatic N) is 1. The fraction of sp³-hybridized carbons (Fsp3) is 0.471. The van der Waals surface area contributed by atoms with E-state index in [1.165, 1.54) is 6.42 Å². The molecule has 3 rings (SSSR count). The predicted octanol–water partition coefficient (Wildman–Crippen LogP) is 1.66. The number of benzene rings is 1. The van der Waals surface area contributed by atoms with Gasteiger partial charge >= 0.3 is 0 Å². The van der Waals surface area contributed by atoms with Gasteiger partial charge in [-0.15, -0.1) is 0 Å². The molecule has 1 aliphatic heterocycles. The molecule has 0 aromatic heterocycles. The van der Waals surface area contributed by atoms with Gasteiger partial charge in [0, 0.05) is 11.6 Å². The van der Waals surface area contributed by atoms with Gasteiger partial charge in [-0.1, -0.05) is 37.5 Å². The van der Waals surface area contributed by atoms with Crippen LogP contribution in [0, 0.1) is 0 Å². The topological polar surface area (TPSA) is 66.5 Å². The van der Waals surface area contributed by atoms with Crippen LogP contribution in [0.3, 0.4) is 0 Å². The van der Waals surface area contributed by atoms with Crippen molar-refractivity contribution in [3.8, 4) is 0 Å². The molecule has 5 heteroatoms. The van der Waals surface area contributed by atoms with E-state index < -0.39 is 0 Å². The number of carbonyl (C=O) groups excluding carboxylic acids is 3. The zero-order valence-electron chi connectivity index (χ0n) is 12.5. The minimum atomic E-state index is -0.370. The van der Waals surface area contributed by atoms with Crippen molar-refractivity contribution in [2.75, 3.05) is 6.54 Å². The Labute approximate surface area is 129 Å². The fourth-order valence-corrected chi connectivity index (χ4v) is 3.22. The number of fused-ring (bicyclic) bond motifs is 1. The smallest absolute Gasteiger partial charge is 0.261 e. The monoisotopic (exact) mass is 300 g/mol. The van der Waals surface area contributed by atoms with Gasteiger partial charge in [0.15, 0.2) is 0 Å². The SMILES string of the molecule is O=C(CN1C(=O)Cc2ccccc2C1=O)NC1CCCCC1. The van der Waals surface area contributed by atoms with E-state index in [0.29, 0.717) is 5.56 Å². The number of imide groups is 1. The van der Waals surface area contributed by atoms with E-state index >= 15 is 0 Å². The van der Waals surface area contributed by atoms with E-state index in [1.54, 1.807) is 18.2 Å². The number of amides is 3. The van der Waals surface area contributed by atoms with Crippen LogP contribution in [0.4, 0.5) is 0 Å². The van der Waals surface area contributed by atoms with Gasteiger partial charge in [0.1, 0.15) is 6.54 Å². The van der Waals surface area contributed by atoms with Gasteiger partial charge in [-0.2, -0.15) is 0 Å². The summed E-state index contributed by atoms with van der Waals surface area (Å²) in [5.41, 5.74) is 1.26. The summed E-state index contributed by atoms with van der Waals surface area (Å²) in [6, 6.07) is 7.25. The van der Waals surface area contributed by atoms with Crippen molar-refractivity contribution in [1.82, 2.24) is 10.2 Å². The Kier molecular flexibility index (Phi) is 4.22. The van der Waals surface area contributed by atoms with Gasteiger partial charge in [-0.05, 0) is 24.5 Å². The molecular weight excluding hydrogens is 280 g/mol. The zero-order chi connectivity index (χ0) is 15.5. The normalized spacial score (nSPS) is 19.0. The first kappa shape index (κ1) is 14.8. The number of rotatable bonds is 3. The van der Waals surface area contributed by atoms with Gasteiger partial charge in [0.05, 0.1) is 6.42 Å². The number of hydrogen-bond donors (Lipinski definition) is 1. The summed E-state index contributed by atoms with van der Waals surface area (Å²) < 4.78 is 0. The number of nitrogens with one attached hydrogen (secondary N) is 1. The standard InChI is InChI=1S/C17H20N2O3/c20-15(18-13-7-2-1-3-8-13)11-19-16(21)10-12-6-4-5-9-14(12)17(19)22/h4-6,9,13H,1-3,7-8,10-11H2,(H,18,20). The molecule has 5 nitrogen and oxygen atoms in total. The second-order valence-corrected chi connectivity index (χ2v) is 6.02. The average molecular weight is 300 g/mol. The van der Waals surface area contributed by atoms with Crippen LogP contribution in [-0.4, -0.2) is 35.2 Å². The molecular formula is C17H20N2O3. The lowest BCUT2D eigenvalue weighted by molar-refractivity contribution is -0.133. The van der Waals surface area contributed by atoms with E-state index in [-0.39, 0.29) is 36.7 Å². The Hall–Kier alpha value is -2.17. The molecule has 1 N–H and O–H groups in total. The molecule has 3 amide bonds. The highest BCUT2D eigenvalue weighted by Crippen LogP contribution is 2.20. The molecule has 1 fully saturated rings. The van der Waals surface area contributed by atoms with E-state index in [1.807, 2.05) is 6.07 Å². The molecule has 22 heavy (non-hydrogen) atoms. The second-order valence-electron chi connectivity index (χ2n) is 6.02. The van der Waals surface area contributed by atoms with Crippen LogP contribution in [0.5, 0.6) is 0 Å². The molecule has 0 spiro atoms. The summed E-state index contributed by atoms with van der Waals surface area (Å²) in [5.74, 6) is -0.916. The van der Waals surface area contributed by atoms with Gasteiger partial charge < -0.3 is 5.32 Å². The maximum Gasteiger partial charge on any atom is 0.261 e. The summed E-state index contributed by atoms with van der Waals surface area (Å²) in [6.07, 6.45) is 5.61. The number of carbonyl (C=O) groups is 3. The van der Waals surface area contributed by atoms with Crippen molar-refractivity contribution >= 4 is 17.7 Å². The maximum atomic E-state index is 12.4. The van der Waals surface area contributed by atoms with Crippen molar-refractivity contribution < 1.29 is 14.4 Å². The molecule has 0 radical (unpaired) electrons. The molecule has 1 heterocycles. The van der Waals surface area contributed by atoms with Crippen molar-refractivity contribution in [2.45, 2.75) is 44.6 Å². The van der Waals surface area contributed by atoms with Crippen LogP contribution < -0.4 is 5.32 Å². The van der Waals surface area contributed by atoms with E-state index in [2.05, 4.69) is 5.32 Å². The molecule has 0 atom stereocenters. The van der Waals surface area contributed by atoms with Gasteiger partial charge in [-0.3, -0.25) is 19.3 Å². The molecule has 1 saturated carbocycles. The molecule has 1 aliphatic carbocycles. The lowest BCUT2D eigenvalue weighted by Gasteiger charge is -2.28. The fourth-order valence-electron chi connectivity index (χ4n) is 3.22. The summed E-state index contributed by atoms with van der Waals surface area (Å²) in [6.45, 7) is -0.178. The van der Waals surface area contributed by atoms with Crippen molar-refractivity contribution in [3.05, 3.63) is 35.4 Å². The second kappa shape index (κ2) is 6.30. The third-order valence-electron chi connectivity index (χ3n) is 4.41. The summed E-state index contributed by atoms with van der Waals surface area (Å²) in [5, 5.41) is 2.95. The lowest BCUT2D eigenvalue weighted by atomic mass is 9.95. The third kappa shape index (κ3) is 3.03. The molecule has 0 unspecified atom stereocenters. The maximum absolute atomic E-state index is 12.4. The van der Waals surface area contributed by atoms with E-state index in [0.717, 1.165) is 36.1 Å². The summed E-state index contributed by atoms with van der Waals surface area (Å²) in [7, 11) is 0. The lowest BCUT2D eigenvalue weighted by Crippen LogP contribution is -2.49. The van der Waals surface area contributed by atoms with Crippen LogP contribution in [0.15, 0.2) is 24.3 Å². The predicted molar refractivity (Wildman–Crippen MR) is 81.2 cm³/mol. The first-order chi connectivity index (χ1) is 10.6. The van der Waals surface area contributed by atoms with Crippen LogP contribution in [0.1, 0.15) is 48.0 Å². The summed E-state index contributed by atoms with van der Waals surface area (Å²) >= 11 is 0. The third-order valence-corrected chi connectivity index (χ3v) is 4.41.